The minimum atomic E-state index is -0.154. The third-order valence-electron chi connectivity index (χ3n) is 5.40. The van der Waals surface area contributed by atoms with E-state index >= 15 is 0 Å². The van der Waals surface area contributed by atoms with Gasteiger partial charge < -0.3 is 20.5 Å². The van der Waals surface area contributed by atoms with Crippen LogP contribution in [0.5, 0.6) is 5.75 Å². The number of hydrogen-bond acceptors (Lipinski definition) is 4. The number of nitrogens with one attached hydrogen (secondary N) is 1. The molecule has 0 radical (unpaired) electrons. The van der Waals surface area contributed by atoms with Crippen molar-refractivity contribution >= 4 is 5.91 Å². The zero-order valence-corrected chi connectivity index (χ0v) is 18.8. The number of carbonyl (C=O) groups excluding carboxylic acids is 1. The van der Waals surface area contributed by atoms with Gasteiger partial charge in [-0.1, -0.05) is 60.7 Å². The zero-order valence-electron chi connectivity index (χ0n) is 18.8. The molecule has 0 aliphatic rings. The number of hydrogen-bond donors (Lipinski definition) is 2. The summed E-state index contributed by atoms with van der Waals surface area (Å²) in [5.74, 6) is 0.779. The van der Waals surface area contributed by atoms with Crippen LogP contribution >= 0.6 is 0 Å². The Bertz CT molecular complexity index is 988. The largest absolute Gasteiger partial charge is 0.491 e. The fourth-order valence-electron chi connectivity index (χ4n) is 3.37. The summed E-state index contributed by atoms with van der Waals surface area (Å²) in [4.78, 5) is 12.0. The van der Waals surface area contributed by atoms with Crippen LogP contribution in [0.25, 0.3) is 0 Å². The first-order valence-electron chi connectivity index (χ1n) is 11.0. The molecule has 3 N–H and O–H groups in total. The maximum Gasteiger partial charge on any atom is 0.224 e. The summed E-state index contributed by atoms with van der Waals surface area (Å²) in [6.07, 6.45) is 0.383. The van der Waals surface area contributed by atoms with E-state index in [9.17, 15) is 4.79 Å². The average Bonchev–Trinajstić information content (AvgIpc) is 2.81. The summed E-state index contributed by atoms with van der Waals surface area (Å²) in [7, 11) is 0. The quantitative estimate of drug-likeness (QED) is 0.447. The Morgan fingerprint density at radius 3 is 2.31 bits per heavy atom. The molecule has 1 unspecified atom stereocenters. The Labute approximate surface area is 190 Å². The minimum absolute atomic E-state index is 0.00176. The number of aryl methyl sites for hydroxylation is 2. The third kappa shape index (κ3) is 7.22. The van der Waals surface area contributed by atoms with Crippen molar-refractivity contribution in [2.75, 3.05) is 26.4 Å². The van der Waals surface area contributed by atoms with Crippen LogP contribution in [0, 0.1) is 13.8 Å². The van der Waals surface area contributed by atoms with Gasteiger partial charge in [-0.25, -0.2) is 0 Å². The Balaban J connectivity index is 1.28. The maximum absolute atomic E-state index is 12.0. The molecule has 0 aliphatic carbocycles. The first-order valence-corrected chi connectivity index (χ1v) is 11.0. The fraction of sp³-hybridized carbons (Fsp3) is 0.296. The van der Waals surface area contributed by atoms with Gasteiger partial charge in [-0.3, -0.25) is 4.79 Å². The number of ether oxygens (including phenoxy) is 2. The first-order chi connectivity index (χ1) is 15.5. The molecule has 5 nitrogen and oxygen atoms in total. The van der Waals surface area contributed by atoms with Crippen molar-refractivity contribution in [2.24, 2.45) is 5.73 Å². The van der Waals surface area contributed by atoms with Crippen LogP contribution in [0.4, 0.5) is 0 Å². The van der Waals surface area contributed by atoms with Crippen molar-refractivity contribution in [3.8, 4) is 5.75 Å². The van der Waals surface area contributed by atoms with E-state index in [-0.39, 0.29) is 11.9 Å². The van der Waals surface area contributed by atoms with Crippen LogP contribution in [-0.2, 0) is 16.0 Å². The summed E-state index contributed by atoms with van der Waals surface area (Å²) < 4.78 is 11.3. The zero-order chi connectivity index (χ0) is 22.8. The van der Waals surface area contributed by atoms with Crippen molar-refractivity contribution < 1.29 is 14.3 Å². The lowest BCUT2D eigenvalue weighted by Crippen LogP contribution is -2.29. The lowest BCUT2D eigenvalue weighted by atomic mass is 10.00. The molecule has 3 aromatic rings. The predicted octanol–water partition coefficient (Wildman–Crippen LogP) is 4.11. The standard InChI is InChI=1S/C27H32N2O3/c1-20-8-9-22(18-21(20)2)19-26(30)29-14-15-31-16-17-32-25-12-10-24(11-13-25)27(28)23-6-4-3-5-7-23/h3-13,18,27H,14-17,19,28H2,1-2H3,(H,29,30). The van der Waals surface area contributed by atoms with Crippen LogP contribution in [0.15, 0.2) is 72.8 Å². The molecule has 0 spiro atoms. The molecular weight excluding hydrogens is 400 g/mol. The van der Waals surface area contributed by atoms with E-state index in [0.717, 1.165) is 22.4 Å². The molecule has 0 saturated heterocycles. The van der Waals surface area contributed by atoms with Crippen LogP contribution in [0.2, 0.25) is 0 Å². The number of rotatable bonds is 11. The summed E-state index contributed by atoms with van der Waals surface area (Å²) in [6, 6.07) is 23.8. The third-order valence-corrected chi connectivity index (χ3v) is 5.40. The molecule has 0 aliphatic heterocycles. The highest BCUT2D eigenvalue weighted by Gasteiger charge is 2.08. The van der Waals surface area contributed by atoms with Crippen molar-refractivity contribution in [1.82, 2.24) is 5.32 Å². The molecule has 0 fully saturated rings. The van der Waals surface area contributed by atoms with E-state index in [4.69, 9.17) is 15.2 Å². The van der Waals surface area contributed by atoms with Gasteiger partial charge >= 0.3 is 0 Å². The van der Waals surface area contributed by atoms with Gasteiger partial charge in [0, 0.05) is 6.54 Å². The topological polar surface area (TPSA) is 73.6 Å². The first kappa shape index (κ1) is 23.5. The highest BCUT2D eigenvalue weighted by molar-refractivity contribution is 5.78. The summed E-state index contributed by atoms with van der Waals surface area (Å²) in [5.41, 5.74) is 11.9. The lowest BCUT2D eigenvalue weighted by Gasteiger charge is -2.13. The van der Waals surface area contributed by atoms with E-state index in [2.05, 4.69) is 25.2 Å². The molecule has 3 rings (SSSR count). The summed E-state index contributed by atoms with van der Waals surface area (Å²) in [5, 5.41) is 2.89. The van der Waals surface area contributed by atoms with Gasteiger partial charge in [0.25, 0.3) is 0 Å². The Morgan fingerprint density at radius 2 is 1.59 bits per heavy atom. The second-order valence-corrected chi connectivity index (χ2v) is 7.86. The molecular formula is C27H32N2O3. The molecule has 3 aromatic carbocycles. The van der Waals surface area contributed by atoms with Crippen molar-refractivity contribution in [2.45, 2.75) is 26.3 Å². The van der Waals surface area contributed by atoms with Crippen LogP contribution in [0.3, 0.4) is 0 Å². The van der Waals surface area contributed by atoms with E-state index in [1.54, 1.807) is 0 Å². The summed E-state index contributed by atoms with van der Waals surface area (Å²) in [6.45, 7) is 5.96. The molecule has 32 heavy (non-hydrogen) atoms. The SMILES string of the molecule is Cc1ccc(CC(=O)NCCOCCOc2ccc(C(N)c3ccccc3)cc2)cc1C. The number of carbonyl (C=O) groups is 1. The molecule has 0 saturated carbocycles. The normalized spacial score (nSPS) is 11.7. The van der Waals surface area contributed by atoms with E-state index in [0.29, 0.717) is 32.8 Å². The van der Waals surface area contributed by atoms with Crippen molar-refractivity contribution in [3.63, 3.8) is 0 Å². The molecule has 1 amide bonds. The number of benzene rings is 3. The van der Waals surface area contributed by atoms with Crippen LogP contribution in [0.1, 0.15) is 33.9 Å². The second-order valence-electron chi connectivity index (χ2n) is 7.86. The van der Waals surface area contributed by atoms with Gasteiger partial charge in [-0.15, -0.1) is 0 Å². The Kier molecular flexibility index (Phi) is 8.84. The molecule has 168 valence electrons. The fourth-order valence-corrected chi connectivity index (χ4v) is 3.37. The monoisotopic (exact) mass is 432 g/mol. The van der Waals surface area contributed by atoms with Gasteiger partial charge in [0.15, 0.2) is 0 Å². The lowest BCUT2D eigenvalue weighted by molar-refractivity contribution is -0.120. The Morgan fingerprint density at radius 1 is 0.875 bits per heavy atom. The molecule has 5 heteroatoms. The van der Waals surface area contributed by atoms with Gasteiger partial charge in [0.2, 0.25) is 5.91 Å². The Hall–Kier alpha value is -3.15. The molecule has 0 aromatic heterocycles. The van der Waals surface area contributed by atoms with E-state index in [1.807, 2.05) is 66.7 Å². The summed E-state index contributed by atoms with van der Waals surface area (Å²) >= 11 is 0. The van der Waals surface area contributed by atoms with Gasteiger partial charge in [-0.2, -0.15) is 0 Å². The van der Waals surface area contributed by atoms with E-state index < -0.39 is 0 Å². The number of amides is 1. The smallest absolute Gasteiger partial charge is 0.224 e. The highest BCUT2D eigenvalue weighted by atomic mass is 16.5. The maximum atomic E-state index is 12.0. The van der Waals surface area contributed by atoms with Crippen molar-refractivity contribution in [3.05, 3.63) is 101 Å². The predicted molar refractivity (Wildman–Crippen MR) is 128 cm³/mol. The van der Waals surface area contributed by atoms with Crippen LogP contribution in [-0.4, -0.2) is 32.3 Å². The highest BCUT2D eigenvalue weighted by Crippen LogP contribution is 2.21. The molecule has 0 heterocycles. The molecule has 0 bridgehead atoms. The number of nitrogens with two attached hydrogens (primary N) is 1. The van der Waals surface area contributed by atoms with Gasteiger partial charge in [-0.05, 0) is 53.8 Å². The average molecular weight is 433 g/mol. The minimum Gasteiger partial charge on any atom is -0.491 e. The van der Waals surface area contributed by atoms with Gasteiger partial charge in [0.1, 0.15) is 12.4 Å². The van der Waals surface area contributed by atoms with Crippen LogP contribution < -0.4 is 15.8 Å². The van der Waals surface area contributed by atoms with Gasteiger partial charge in [0.05, 0.1) is 25.7 Å². The van der Waals surface area contributed by atoms with Crippen molar-refractivity contribution in [1.29, 1.82) is 0 Å². The molecule has 1 atom stereocenters. The second kappa shape index (κ2) is 12.0. The van der Waals surface area contributed by atoms with E-state index in [1.165, 1.54) is 11.1 Å².